The van der Waals surface area contributed by atoms with Gasteiger partial charge >= 0.3 is 26.5 Å². The van der Waals surface area contributed by atoms with E-state index >= 15 is 0 Å². The average Bonchev–Trinajstić information content (AvgIpc) is 3.32. The topological polar surface area (TPSA) is 144 Å². The van der Waals surface area contributed by atoms with Crippen molar-refractivity contribution < 1.29 is 60.8 Å². The van der Waals surface area contributed by atoms with E-state index in [-0.39, 0.29) is 56.5 Å². The molecule has 4 aromatic rings. The Labute approximate surface area is 416 Å². The fraction of sp³-hybridized carbons (Fsp3) is 0.509. The summed E-state index contributed by atoms with van der Waals surface area (Å²) >= 11 is 0. The van der Waals surface area contributed by atoms with Crippen molar-refractivity contribution in [1.29, 1.82) is 0 Å². The van der Waals surface area contributed by atoms with Gasteiger partial charge in [0.25, 0.3) is 0 Å². The Hall–Kier alpha value is -4.88. The second kappa shape index (κ2) is 21.5. The van der Waals surface area contributed by atoms with Crippen molar-refractivity contribution in [2.45, 2.75) is 165 Å². The number of hydrogen-bond acceptors (Lipinski definition) is 13. The lowest BCUT2D eigenvalue weighted by molar-refractivity contribution is -0.273. The normalized spacial score (nSPS) is 26.0. The minimum atomic E-state index is -2.92. The van der Waals surface area contributed by atoms with Gasteiger partial charge in [0.1, 0.15) is 29.8 Å². The lowest BCUT2D eigenvalue weighted by Crippen LogP contribution is -2.69. The minimum absolute atomic E-state index is 0.0819. The number of esters is 3. The molecule has 0 bridgehead atoms. The van der Waals surface area contributed by atoms with Gasteiger partial charge in [-0.25, -0.2) is 14.4 Å². The molecule has 0 N–H and O–H groups in total. The van der Waals surface area contributed by atoms with Crippen LogP contribution in [0.4, 0.5) is 0 Å². The molecule has 9 atom stereocenters. The minimum Gasteiger partial charge on any atom is -0.497 e. The van der Waals surface area contributed by atoms with Gasteiger partial charge in [0.05, 0.1) is 42.6 Å². The maximum atomic E-state index is 14.2. The number of benzene rings is 4. The number of ether oxygens (including phenoxy) is 7. The Morgan fingerprint density at radius 2 is 1.09 bits per heavy atom. The third kappa shape index (κ3) is 11.9. The molecule has 0 saturated carbocycles. The molecule has 0 radical (unpaired) electrons. The van der Waals surface area contributed by atoms with Crippen LogP contribution in [0.25, 0.3) is 0 Å². The maximum absolute atomic E-state index is 14.2. The van der Waals surface area contributed by atoms with Gasteiger partial charge in [-0.2, -0.15) is 0 Å². The third-order valence-corrected chi connectivity index (χ3v) is 23.6. The molecular formula is C55H72O13Si2. The number of methoxy groups -OCH3 is 1. The highest BCUT2D eigenvalue weighted by molar-refractivity contribution is 6.74. The second-order valence-corrected chi connectivity index (χ2v) is 31.6. The van der Waals surface area contributed by atoms with Gasteiger partial charge in [-0.05, 0) is 91.6 Å². The van der Waals surface area contributed by atoms with E-state index < -0.39 is 71.6 Å². The van der Waals surface area contributed by atoms with E-state index in [4.69, 9.17) is 46.4 Å². The van der Waals surface area contributed by atoms with Crippen molar-refractivity contribution in [2.24, 2.45) is 0 Å². The van der Waals surface area contributed by atoms with E-state index in [1.165, 1.54) is 0 Å². The summed E-state index contributed by atoms with van der Waals surface area (Å²) in [5.74, 6) is -1.21. The Bertz CT molecular complexity index is 2350. The summed E-state index contributed by atoms with van der Waals surface area (Å²) in [6, 6.07) is 32.2. The molecule has 3 aliphatic heterocycles. The molecular weight excluding hydrogens is 925 g/mol. The standard InChI is InChI=1S/C55H72O13Si2/c1-53(2,3)69(11,12)67-43-34-41(61-44-35-60-70(54(4,5)6,55(7,8)9)68-45(43)44)32-33-42-46(64-49(56)36-22-16-13-17-23-36)47(65-50(57)37-24-18-14-19-25-37)48(66-51(58)38-26-20-15-21-27-38)52(63-42)62-40-30-28-39(59-10)29-31-40/h13-31,41-48,52H,32-35H2,1-12H3/t41?,42?,43-,44?,45+,46-,47+,48+,52?/m1/s1. The van der Waals surface area contributed by atoms with Crippen LogP contribution in [0.15, 0.2) is 115 Å². The summed E-state index contributed by atoms with van der Waals surface area (Å²) in [6.07, 6.45) is -6.89. The van der Waals surface area contributed by atoms with Crippen LogP contribution in [0.3, 0.4) is 0 Å². The molecule has 3 fully saturated rings. The largest absolute Gasteiger partial charge is 0.497 e. The highest BCUT2D eigenvalue weighted by Crippen LogP contribution is 2.56. The van der Waals surface area contributed by atoms with Crippen molar-refractivity contribution in [3.05, 3.63) is 132 Å². The van der Waals surface area contributed by atoms with Crippen molar-refractivity contribution >= 4 is 34.8 Å². The van der Waals surface area contributed by atoms with Gasteiger partial charge in [-0.1, -0.05) is 117 Å². The molecule has 3 aliphatic rings. The first-order chi connectivity index (χ1) is 33.0. The van der Waals surface area contributed by atoms with E-state index in [9.17, 15) is 14.4 Å². The van der Waals surface area contributed by atoms with Crippen LogP contribution in [0.2, 0.25) is 28.2 Å². The molecule has 70 heavy (non-hydrogen) atoms. The summed E-state index contributed by atoms with van der Waals surface area (Å²) in [5.41, 5.74) is 0.736. The summed E-state index contributed by atoms with van der Waals surface area (Å²) in [7, 11) is -3.72. The molecule has 0 amide bonds. The number of carbonyl (C=O) groups is 3. The van der Waals surface area contributed by atoms with Crippen LogP contribution in [0.1, 0.15) is 113 Å². The number of fused-ring (bicyclic) bond motifs is 1. The van der Waals surface area contributed by atoms with Gasteiger partial charge in [0.2, 0.25) is 12.4 Å². The Kier molecular flexibility index (Phi) is 16.2. The lowest BCUT2D eigenvalue weighted by atomic mass is 9.91. The lowest BCUT2D eigenvalue weighted by Gasteiger charge is -2.58. The van der Waals surface area contributed by atoms with Crippen LogP contribution >= 0.6 is 0 Å². The van der Waals surface area contributed by atoms with E-state index in [1.54, 1.807) is 122 Å². The predicted molar refractivity (Wildman–Crippen MR) is 270 cm³/mol. The van der Waals surface area contributed by atoms with Gasteiger partial charge < -0.3 is 46.4 Å². The molecule has 7 rings (SSSR count). The van der Waals surface area contributed by atoms with Gasteiger partial charge in [-0.15, -0.1) is 0 Å². The molecule has 15 heteroatoms. The zero-order valence-electron chi connectivity index (χ0n) is 42.8. The first-order valence-corrected chi connectivity index (χ1v) is 29.1. The van der Waals surface area contributed by atoms with Crippen molar-refractivity contribution in [3.8, 4) is 11.5 Å². The van der Waals surface area contributed by atoms with E-state index in [0.29, 0.717) is 30.9 Å². The molecule has 3 heterocycles. The zero-order valence-corrected chi connectivity index (χ0v) is 44.8. The number of hydrogen-bond donors (Lipinski definition) is 0. The summed E-state index contributed by atoms with van der Waals surface area (Å²) in [6.45, 7) is 24.8. The fourth-order valence-electron chi connectivity index (χ4n) is 9.54. The number of carbonyl (C=O) groups excluding carboxylic acids is 3. The Morgan fingerprint density at radius 1 is 0.614 bits per heavy atom. The van der Waals surface area contributed by atoms with Crippen molar-refractivity contribution in [3.63, 3.8) is 0 Å². The Balaban J connectivity index is 1.27. The number of rotatable bonds is 14. The van der Waals surface area contributed by atoms with Crippen LogP contribution in [-0.4, -0.2) is 104 Å². The fourth-order valence-corrected chi connectivity index (χ4v) is 15.9. The first-order valence-electron chi connectivity index (χ1n) is 24.4. The van der Waals surface area contributed by atoms with Gasteiger partial charge in [0.15, 0.2) is 20.5 Å². The predicted octanol–water partition coefficient (Wildman–Crippen LogP) is 11.3. The summed E-state index contributed by atoms with van der Waals surface area (Å²) in [5, 5.41) is -0.587. The molecule has 0 aliphatic carbocycles. The van der Waals surface area contributed by atoms with Crippen molar-refractivity contribution in [1.82, 2.24) is 0 Å². The molecule has 4 unspecified atom stereocenters. The highest BCUT2D eigenvalue weighted by Gasteiger charge is 2.64. The van der Waals surface area contributed by atoms with Crippen LogP contribution in [0.5, 0.6) is 11.5 Å². The maximum Gasteiger partial charge on any atom is 0.349 e. The molecule has 0 spiro atoms. The van der Waals surface area contributed by atoms with Crippen LogP contribution < -0.4 is 9.47 Å². The third-order valence-electron chi connectivity index (χ3n) is 14.0. The SMILES string of the molecule is COc1ccc(OC2OC(CCC3C[C@@H](O[Si](C)(C)C(C)(C)C)[C@@H]4O[Si](C(C)(C)C)(C(C)(C)C)OCC4O3)[C@@H](OC(=O)c3ccccc3)[C@H](OC(=O)c3ccccc3)[C@@H]2OC(=O)c2ccccc2)cc1. The van der Waals surface area contributed by atoms with Gasteiger partial charge in [-0.3, -0.25) is 0 Å². The molecule has 4 aromatic carbocycles. The smallest absolute Gasteiger partial charge is 0.349 e. The van der Waals surface area contributed by atoms with E-state index in [2.05, 4.69) is 75.4 Å². The van der Waals surface area contributed by atoms with Gasteiger partial charge in [0, 0.05) is 16.5 Å². The highest BCUT2D eigenvalue weighted by atomic mass is 28.4. The first kappa shape index (κ1) is 52.9. The van der Waals surface area contributed by atoms with Crippen LogP contribution in [-0.2, 0) is 37.0 Å². The van der Waals surface area contributed by atoms with E-state index in [0.717, 1.165) is 0 Å². The van der Waals surface area contributed by atoms with Crippen LogP contribution in [0, 0.1) is 0 Å². The van der Waals surface area contributed by atoms with Crippen molar-refractivity contribution in [2.75, 3.05) is 13.7 Å². The summed E-state index contributed by atoms with van der Waals surface area (Å²) < 4.78 is 66.6. The average molecular weight is 997 g/mol. The van der Waals surface area contributed by atoms with E-state index in [1.807, 2.05) is 0 Å². The monoisotopic (exact) mass is 996 g/mol. The second-order valence-electron chi connectivity index (χ2n) is 22.1. The molecule has 0 aromatic heterocycles. The summed E-state index contributed by atoms with van der Waals surface area (Å²) in [4.78, 5) is 42.5. The molecule has 378 valence electrons. The molecule has 3 saturated heterocycles. The zero-order chi connectivity index (χ0) is 50.6. The Morgan fingerprint density at radius 3 is 1.56 bits per heavy atom. The quantitative estimate of drug-likeness (QED) is 0.0672. The molecule has 13 nitrogen and oxygen atoms in total.